The molecule has 198 valence electrons. The number of amides is 4. The zero-order chi connectivity index (χ0) is 26.0. The number of nitrogens with one attached hydrogen (secondary N) is 4. The first-order chi connectivity index (χ1) is 17.0. The summed E-state index contributed by atoms with van der Waals surface area (Å²) in [6.45, 7) is 5.33. The van der Waals surface area contributed by atoms with Crippen LogP contribution in [0, 0.1) is 16.7 Å². The van der Waals surface area contributed by atoms with Gasteiger partial charge in [-0.2, -0.15) is 0 Å². The van der Waals surface area contributed by atoms with Gasteiger partial charge in [0, 0.05) is 28.5 Å². The van der Waals surface area contributed by atoms with Gasteiger partial charge in [0.15, 0.2) is 0 Å². The van der Waals surface area contributed by atoms with Crippen LogP contribution in [-0.4, -0.2) is 35.1 Å². The molecule has 9 heteroatoms. The highest BCUT2D eigenvalue weighted by molar-refractivity contribution is 9.10. The van der Waals surface area contributed by atoms with E-state index in [1.165, 1.54) is 19.3 Å². The third-order valence-corrected chi connectivity index (χ3v) is 8.88. The molecule has 5 rings (SSSR count). The van der Waals surface area contributed by atoms with Crippen molar-refractivity contribution in [2.24, 2.45) is 16.7 Å². The summed E-state index contributed by atoms with van der Waals surface area (Å²) in [5.41, 5.74) is 3.32. The highest BCUT2D eigenvalue weighted by Gasteiger charge is 2.60. The molecule has 0 spiro atoms. The fraction of sp³-hybridized carbons (Fsp3) is 0.667. The molecule has 36 heavy (non-hydrogen) atoms. The van der Waals surface area contributed by atoms with Crippen molar-refractivity contribution >= 4 is 39.5 Å². The zero-order valence-corrected chi connectivity index (χ0v) is 22.9. The third kappa shape index (κ3) is 6.40. The van der Waals surface area contributed by atoms with E-state index in [1.807, 2.05) is 0 Å². The van der Waals surface area contributed by atoms with Crippen molar-refractivity contribution in [2.75, 3.05) is 11.9 Å². The Morgan fingerprint density at radius 2 is 1.69 bits per heavy atom. The van der Waals surface area contributed by atoms with Crippen molar-refractivity contribution in [3.8, 4) is 0 Å². The Morgan fingerprint density at radius 3 is 2.33 bits per heavy atom. The molecule has 4 amide bonds. The Balaban J connectivity index is 1.24. The van der Waals surface area contributed by atoms with Crippen molar-refractivity contribution < 1.29 is 19.6 Å². The predicted molar refractivity (Wildman–Crippen MR) is 142 cm³/mol. The smallest absolute Gasteiger partial charge is 0.319 e. The zero-order valence-electron chi connectivity index (χ0n) is 21.3. The van der Waals surface area contributed by atoms with Crippen LogP contribution in [0.15, 0.2) is 22.7 Å². The maximum atomic E-state index is 13.0. The minimum absolute atomic E-state index is 0.120. The topological polar surface area (TPSA) is 120 Å². The lowest BCUT2D eigenvalue weighted by Gasteiger charge is -2.65. The van der Waals surface area contributed by atoms with E-state index in [1.54, 1.807) is 23.7 Å². The second-order valence-electron chi connectivity index (χ2n) is 12.1. The fourth-order valence-corrected chi connectivity index (χ4v) is 8.34. The number of urea groups is 1. The monoisotopic (exact) mass is 562 g/mol. The largest absolute Gasteiger partial charge is 0.352 e. The normalized spacial score (nSPS) is 30.1. The van der Waals surface area contributed by atoms with Crippen molar-refractivity contribution in [1.29, 1.82) is 0 Å². The molecule has 0 aromatic heterocycles. The number of unbranched alkanes of at least 4 members (excludes halogenated alkanes) is 3. The Morgan fingerprint density at radius 1 is 1.00 bits per heavy atom. The average molecular weight is 564 g/mol. The Bertz CT molecular complexity index is 997. The summed E-state index contributed by atoms with van der Waals surface area (Å²) in [5, 5.41) is 17.7. The van der Waals surface area contributed by atoms with Gasteiger partial charge in [-0.15, -0.1) is 0 Å². The highest BCUT2D eigenvalue weighted by atomic mass is 79.9. The van der Waals surface area contributed by atoms with Crippen molar-refractivity contribution in [3.63, 3.8) is 0 Å². The molecule has 8 nitrogen and oxygen atoms in total. The van der Waals surface area contributed by atoms with E-state index in [0.29, 0.717) is 51.9 Å². The first-order valence-electron chi connectivity index (χ1n) is 13.1. The van der Waals surface area contributed by atoms with Gasteiger partial charge in [0.1, 0.15) is 0 Å². The van der Waals surface area contributed by atoms with Crippen LogP contribution >= 0.6 is 15.9 Å². The molecule has 5 N–H and O–H groups in total. The van der Waals surface area contributed by atoms with Crippen LogP contribution in [-0.2, 0) is 4.79 Å². The predicted octanol–water partition coefficient (Wildman–Crippen LogP) is 5.51. The quantitative estimate of drug-likeness (QED) is 0.147. The van der Waals surface area contributed by atoms with Crippen molar-refractivity contribution in [1.82, 2.24) is 16.1 Å². The van der Waals surface area contributed by atoms with E-state index in [9.17, 15) is 14.4 Å². The Kier molecular flexibility index (Phi) is 8.00. The molecule has 2 atom stereocenters. The Hall–Kier alpha value is -2.13. The molecule has 4 aliphatic rings. The molecule has 4 aliphatic carbocycles. The van der Waals surface area contributed by atoms with Gasteiger partial charge in [0.05, 0.1) is 5.69 Å². The lowest BCUT2D eigenvalue weighted by atomic mass is 9.43. The van der Waals surface area contributed by atoms with E-state index in [-0.39, 0.29) is 23.4 Å². The van der Waals surface area contributed by atoms with Crippen LogP contribution in [0.2, 0.25) is 0 Å². The van der Waals surface area contributed by atoms with Gasteiger partial charge in [-0.05, 0) is 102 Å². The van der Waals surface area contributed by atoms with Crippen LogP contribution in [0.5, 0.6) is 0 Å². The van der Waals surface area contributed by atoms with Gasteiger partial charge in [-0.25, -0.2) is 10.3 Å². The number of halogens is 1. The number of hydrogen-bond donors (Lipinski definition) is 5. The third-order valence-electron chi connectivity index (χ3n) is 8.23. The molecular formula is C27H39BrN4O4. The summed E-state index contributed by atoms with van der Waals surface area (Å²) in [6, 6.07) is 5.02. The van der Waals surface area contributed by atoms with Gasteiger partial charge in [-0.3, -0.25) is 14.8 Å². The SMILES string of the molecule is CC12CC3CC(C)(C1)CC(NC(=O)Nc1ccc(C(=O)NCCCCCCC(=O)NO)cc1Br)(C3)C2. The van der Waals surface area contributed by atoms with Crippen LogP contribution in [0.4, 0.5) is 10.5 Å². The van der Waals surface area contributed by atoms with Crippen molar-refractivity contribution in [3.05, 3.63) is 28.2 Å². The number of hydroxylamine groups is 1. The molecule has 4 bridgehead atoms. The molecule has 1 aromatic rings. The molecule has 4 fully saturated rings. The minimum Gasteiger partial charge on any atom is -0.352 e. The van der Waals surface area contributed by atoms with Gasteiger partial charge in [-0.1, -0.05) is 26.7 Å². The van der Waals surface area contributed by atoms with Gasteiger partial charge in [0.2, 0.25) is 5.91 Å². The summed E-state index contributed by atoms with van der Waals surface area (Å²) in [7, 11) is 0. The molecule has 0 heterocycles. The lowest BCUT2D eigenvalue weighted by Crippen LogP contribution is -2.65. The molecule has 2 unspecified atom stereocenters. The van der Waals surface area contributed by atoms with E-state index in [2.05, 4.69) is 45.7 Å². The summed E-state index contributed by atoms with van der Waals surface area (Å²) in [4.78, 5) is 36.5. The maximum absolute atomic E-state index is 13.0. The van der Waals surface area contributed by atoms with Crippen LogP contribution in [0.3, 0.4) is 0 Å². The molecule has 4 saturated carbocycles. The van der Waals surface area contributed by atoms with Crippen LogP contribution in [0.25, 0.3) is 0 Å². The van der Waals surface area contributed by atoms with Gasteiger partial charge in [0.25, 0.3) is 5.91 Å². The van der Waals surface area contributed by atoms with Crippen LogP contribution in [0.1, 0.15) is 94.8 Å². The summed E-state index contributed by atoms with van der Waals surface area (Å²) in [5.74, 6) is 0.163. The van der Waals surface area contributed by atoms with Gasteiger partial charge < -0.3 is 16.0 Å². The van der Waals surface area contributed by atoms with E-state index in [0.717, 1.165) is 38.5 Å². The fourth-order valence-electron chi connectivity index (χ4n) is 7.86. The first kappa shape index (κ1) is 26.9. The van der Waals surface area contributed by atoms with Gasteiger partial charge >= 0.3 is 6.03 Å². The number of anilines is 1. The minimum atomic E-state index is -0.374. The van der Waals surface area contributed by atoms with E-state index < -0.39 is 0 Å². The number of benzene rings is 1. The average Bonchev–Trinajstić information content (AvgIpc) is 2.76. The molecular weight excluding hydrogens is 524 g/mol. The summed E-state index contributed by atoms with van der Waals surface area (Å²) in [6.07, 6.45) is 10.6. The van der Waals surface area contributed by atoms with Crippen molar-refractivity contribution in [2.45, 2.75) is 90.0 Å². The van der Waals surface area contributed by atoms with Crippen LogP contribution < -0.4 is 21.4 Å². The number of rotatable bonds is 10. The molecule has 0 aliphatic heterocycles. The lowest BCUT2D eigenvalue weighted by molar-refractivity contribution is -0.129. The number of carbonyl (C=O) groups is 3. The molecule has 0 saturated heterocycles. The molecule has 0 radical (unpaired) electrons. The number of hydrogen-bond acceptors (Lipinski definition) is 4. The second-order valence-corrected chi connectivity index (χ2v) is 13.0. The number of carbonyl (C=O) groups excluding carboxylic acids is 3. The standard InChI is InChI=1S/C27H39BrN4O4/c1-25-12-18-13-26(2,15-25)17-27(14-18,16-25)31-24(35)30-21-9-8-19(11-20(21)28)23(34)29-10-6-4-3-5-7-22(33)32-36/h8-9,11,18,36H,3-7,10,12-17H2,1-2H3,(H,29,34)(H,32,33)(H2,30,31,35). The highest BCUT2D eigenvalue weighted by Crippen LogP contribution is 2.66. The van der Waals surface area contributed by atoms with E-state index in [4.69, 9.17) is 5.21 Å². The molecule has 1 aromatic carbocycles. The summed E-state index contributed by atoms with van der Waals surface area (Å²) < 4.78 is 0.664. The second kappa shape index (κ2) is 10.7. The first-order valence-corrected chi connectivity index (χ1v) is 13.9. The summed E-state index contributed by atoms with van der Waals surface area (Å²) >= 11 is 3.51. The Labute approximate surface area is 221 Å². The van der Waals surface area contributed by atoms with E-state index >= 15 is 0 Å². The maximum Gasteiger partial charge on any atom is 0.319 e.